The molecule has 0 spiro atoms. The van der Waals surface area contributed by atoms with E-state index in [0.717, 1.165) is 16.9 Å². The van der Waals surface area contributed by atoms with Crippen LogP contribution < -0.4 is 10.7 Å². The smallest absolute Gasteiger partial charge is 0.260 e. The van der Waals surface area contributed by atoms with E-state index in [1.165, 1.54) is 5.56 Å². The summed E-state index contributed by atoms with van der Waals surface area (Å²) in [5, 5.41) is 11.4. The number of nitrogens with zero attached hydrogens (tertiary/aromatic N) is 1. The summed E-state index contributed by atoms with van der Waals surface area (Å²) in [6.45, 7) is 8.07. The monoisotopic (exact) mass is 367 g/mol. The Morgan fingerprint density at radius 3 is 2.42 bits per heavy atom. The van der Waals surface area contributed by atoms with Gasteiger partial charge in [-0.1, -0.05) is 51.1 Å². The van der Waals surface area contributed by atoms with Gasteiger partial charge in [0.25, 0.3) is 5.56 Å². The van der Waals surface area contributed by atoms with E-state index in [1.54, 1.807) is 13.0 Å². The molecule has 0 saturated heterocycles. The van der Waals surface area contributed by atoms with Crippen molar-refractivity contribution in [2.24, 2.45) is 0 Å². The normalized spacial score (nSPS) is 12.2. The number of fused-ring (bicyclic) bond motifs is 1. The fraction of sp³-hybridized carbons (Fsp3) is 0.250. The highest BCUT2D eigenvalue weighted by Crippen LogP contribution is 2.26. The molecule has 2 heterocycles. The third-order valence-electron chi connectivity index (χ3n) is 4.21. The molecule has 0 radical (unpaired) electrons. The van der Waals surface area contributed by atoms with Gasteiger partial charge in [0.05, 0.1) is 16.2 Å². The highest BCUT2D eigenvalue weighted by atomic mass is 32.1. The maximum Gasteiger partial charge on any atom is 0.260 e. The van der Waals surface area contributed by atoms with Crippen molar-refractivity contribution in [1.29, 1.82) is 0 Å². The molecular weight excluding hydrogens is 348 g/mol. The molecule has 0 aliphatic rings. The molecule has 0 aliphatic carbocycles. The van der Waals surface area contributed by atoms with Crippen LogP contribution in [0.15, 0.2) is 29.1 Å². The largest absolute Gasteiger partial charge is 0.544 e. The first-order valence-electron chi connectivity index (χ1n) is 8.20. The lowest BCUT2D eigenvalue weighted by molar-refractivity contribution is -0.254. The van der Waals surface area contributed by atoms with Crippen LogP contribution in [-0.2, 0) is 5.41 Å². The summed E-state index contributed by atoms with van der Waals surface area (Å²) in [6, 6.07) is 8.18. The molecular formula is C20H19N2O3S-. The van der Waals surface area contributed by atoms with Gasteiger partial charge in [0.15, 0.2) is 0 Å². The number of carbonyl (C=O) groups is 1. The first-order chi connectivity index (χ1) is 12.2. The molecule has 0 fully saturated rings. The van der Waals surface area contributed by atoms with Gasteiger partial charge in [-0.25, -0.2) is 4.98 Å². The molecule has 1 aromatic carbocycles. The van der Waals surface area contributed by atoms with Crippen LogP contribution >= 0.6 is 11.3 Å². The number of benzene rings is 1. The number of aromatic amines is 1. The number of H-pyrrole nitrogens is 1. The van der Waals surface area contributed by atoms with Gasteiger partial charge in [0.2, 0.25) is 0 Å². The summed E-state index contributed by atoms with van der Waals surface area (Å²) in [4.78, 5) is 30.9. The molecule has 26 heavy (non-hydrogen) atoms. The number of hydrogen-bond acceptors (Lipinski definition) is 5. The summed E-state index contributed by atoms with van der Waals surface area (Å²) < 4.78 is 0. The number of aromatic carboxylic acids is 1. The lowest BCUT2D eigenvalue weighted by Crippen LogP contribution is -2.21. The zero-order chi connectivity index (χ0) is 19.1. The van der Waals surface area contributed by atoms with Crippen LogP contribution in [-0.4, -0.2) is 15.9 Å². The minimum absolute atomic E-state index is 0.0388. The van der Waals surface area contributed by atoms with Gasteiger partial charge in [-0.2, -0.15) is 0 Å². The van der Waals surface area contributed by atoms with Crippen LogP contribution in [0, 0.1) is 6.92 Å². The highest BCUT2D eigenvalue weighted by Gasteiger charge is 2.14. The Balaban J connectivity index is 1.95. The van der Waals surface area contributed by atoms with Gasteiger partial charge in [-0.3, -0.25) is 4.79 Å². The first kappa shape index (κ1) is 18.1. The minimum atomic E-state index is -1.29. The van der Waals surface area contributed by atoms with E-state index >= 15 is 0 Å². The Labute approximate surface area is 155 Å². The number of nitrogens with one attached hydrogen (secondary N) is 1. The number of aryl methyl sites for hydroxylation is 1. The Hall–Kier alpha value is -2.73. The molecule has 3 rings (SSSR count). The standard InChI is InChI=1S/C20H20N2O3S/c1-11-15-17(23)21-14(22-18(15)26-16(11)19(24)25)10-7-12-5-8-13(9-6-12)20(2,3)4/h5-10H,1-4H3,(H,24,25)(H,21,22,23)/p-1/b10-7+. The molecule has 0 saturated carbocycles. The van der Waals surface area contributed by atoms with Crippen molar-refractivity contribution in [3.63, 3.8) is 0 Å². The van der Waals surface area contributed by atoms with Gasteiger partial charge in [0.1, 0.15) is 10.7 Å². The average molecular weight is 367 g/mol. The molecule has 1 N–H and O–H groups in total. The lowest BCUT2D eigenvalue weighted by atomic mass is 9.87. The van der Waals surface area contributed by atoms with Crippen LogP contribution in [0.2, 0.25) is 0 Å². The summed E-state index contributed by atoms with van der Waals surface area (Å²) in [7, 11) is 0. The average Bonchev–Trinajstić information content (AvgIpc) is 2.90. The van der Waals surface area contributed by atoms with E-state index in [2.05, 4.69) is 42.9 Å². The summed E-state index contributed by atoms with van der Waals surface area (Å²) >= 11 is 0.960. The Kier molecular flexibility index (Phi) is 4.54. The van der Waals surface area contributed by atoms with Crippen molar-refractivity contribution in [3.05, 3.63) is 62.0 Å². The van der Waals surface area contributed by atoms with Crippen LogP contribution in [0.3, 0.4) is 0 Å². The molecule has 5 nitrogen and oxygen atoms in total. The SMILES string of the molecule is Cc1c(C(=O)[O-])sc2nc(/C=C/c3ccc(C(C)(C)C)cc3)[nH]c(=O)c12. The van der Waals surface area contributed by atoms with Gasteiger partial charge < -0.3 is 14.9 Å². The minimum Gasteiger partial charge on any atom is -0.544 e. The quantitative estimate of drug-likeness (QED) is 0.771. The van der Waals surface area contributed by atoms with Crippen molar-refractivity contribution in [2.45, 2.75) is 33.1 Å². The Bertz CT molecular complexity index is 1070. The molecule has 0 unspecified atom stereocenters. The number of thiophene rings is 1. The lowest BCUT2D eigenvalue weighted by Gasteiger charge is -2.18. The maximum absolute atomic E-state index is 12.3. The van der Waals surface area contributed by atoms with E-state index in [9.17, 15) is 14.7 Å². The van der Waals surface area contributed by atoms with Crippen molar-refractivity contribution in [3.8, 4) is 0 Å². The number of aromatic nitrogens is 2. The van der Waals surface area contributed by atoms with Crippen LogP contribution in [0.5, 0.6) is 0 Å². The summed E-state index contributed by atoms with van der Waals surface area (Å²) in [5.74, 6) is -0.908. The number of rotatable bonds is 3. The third kappa shape index (κ3) is 3.46. The van der Waals surface area contributed by atoms with E-state index in [1.807, 2.05) is 18.2 Å². The molecule has 0 aliphatic heterocycles. The third-order valence-corrected chi connectivity index (χ3v) is 5.38. The van der Waals surface area contributed by atoms with E-state index in [0.29, 0.717) is 21.6 Å². The predicted octanol–water partition coefficient (Wildman–Crippen LogP) is 3.12. The van der Waals surface area contributed by atoms with E-state index < -0.39 is 5.97 Å². The van der Waals surface area contributed by atoms with Crippen molar-refractivity contribution < 1.29 is 9.90 Å². The summed E-state index contributed by atoms with van der Waals surface area (Å²) in [6.07, 6.45) is 3.57. The van der Waals surface area contributed by atoms with Gasteiger partial charge in [0, 0.05) is 0 Å². The topological polar surface area (TPSA) is 85.9 Å². The Morgan fingerprint density at radius 2 is 1.85 bits per heavy atom. The predicted molar refractivity (Wildman–Crippen MR) is 103 cm³/mol. The second-order valence-electron chi connectivity index (χ2n) is 7.18. The van der Waals surface area contributed by atoms with Crippen LogP contribution in [0.1, 0.15) is 53.0 Å². The second-order valence-corrected chi connectivity index (χ2v) is 8.18. The summed E-state index contributed by atoms with van der Waals surface area (Å²) in [5.41, 5.74) is 2.37. The fourth-order valence-corrected chi connectivity index (χ4v) is 3.73. The first-order valence-corrected chi connectivity index (χ1v) is 9.02. The molecule has 3 aromatic rings. The van der Waals surface area contributed by atoms with E-state index in [-0.39, 0.29) is 15.9 Å². The molecule has 6 heteroatoms. The van der Waals surface area contributed by atoms with Crippen LogP contribution in [0.25, 0.3) is 22.4 Å². The van der Waals surface area contributed by atoms with Gasteiger partial charge in [-0.15, -0.1) is 11.3 Å². The molecule has 0 amide bonds. The second kappa shape index (κ2) is 6.53. The number of hydrogen-bond donors (Lipinski definition) is 1. The van der Waals surface area contributed by atoms with Gasteiger partial charge in [-0.05, 0) is 35.1 Å². The van der Waals surface area contributed by atoms with Crippen molar-refractivity contribution >= 4 is 39.7 Å². The maximum atomic E-state index is 12.3. The Morgan fingerprint density at radius 1 is 1.19 bits per heavy atom. The van der Waals surface area contributed by atoms with E-state index in [4.69, 9.17) is 0 Å². The van der Waals surface area contributed by atoms with Crippen molar-refractivity contribution in [2.75, 3.05) is 0 Å². The number of carboxylic acids is 1. The van der Waals surface area contributed by atoms with Crippen molar-refractivity contribution in [1.82, 2.24) is 9.97 Å². The van der Waals surface area contributed by atoms with Gasteiger partial charge >= 0.3 is 0 Å². The molecule has 0 bridgehead atoms. The molecule has 134 valence electrons. The highest BCUT2D eigenvalue weighted by molar-refractivity contribution is 7.20. The van der Waals surface area contributed by atoms with Crippen LogP contribution in [0.4, 0.5) is 0 Å². The number of carboxylic acid groups (broad SMARTS) is 1. The fourth-order valence-electron chi connectivity index (χ4n) is 2.70. The molecule has 0 atom stereocenters. The zero-order valence-corrected chi connectivity index (χ0v) is 15.9. The molecule has 2 aromatic heterocycles. The zero-order valence-electron chi connectivity index (χ0n) is 15.0. The number of carbonyl (C=O) groups excluding carboxylic acids is 1.